The van der Waals surface area contributed by atoms with E-state index >= 15 is 0 Å². The first-order valence-corrected chi connectivity index (χ1v) is 10.1. The molecule has 0 heterocycles. The fourth-order valence-corrected chi connectivity index (χ4v) is 3.10. The third-order valence-corrected chi connectivity index (χ3v) is 4.81. The zero-order valence-corrected chi connectivity index (χ0v) is 16.3. The summed E-state index contributed by atoms with van der Waals surface area (Å²) in [5, 5.41) is 25.9. The van der Waals surface area contributed by atoms with Crippen molar-refractivity contribution in [2.45, 2.75) is 85.5 Å². The van der Waals surface area contributed by atoms with E-state index in [-0.39, 0.29) is 9.29 Å². The number of quaternary nitrogens is 2. The van der Waals surface area contributed by atoms with Crippen LogP contribution in [0.15, 0.2) is 0 Å². The summed E-state index contributed by atoms with van der Waals surface area (Å²) in [5.74, 6) is 0. The number of hydrogen-bond acceptors (Lipinski definition) is 2. The summed E-state index contributed by atoms with van der Waals surface area (Å²) in [7, 11) is 0. The van der Waals surface area contributed by atoms with E-state index in [1.165, 1.54) is 0 Å². The summed E-state index contributed by atoms with van der Waals surface area (Å²) in [5.41, 5.74) is 0. The molecule has 0 aromatic rings. The molecule has 0 aliphatic carbocycles. The highest BCUT2D eigenvalue weighted by molar-refractivity contribution is 4.52. The Balaban J connectivity index is 4.47. The van der Waals surface area contributed by atoms with Crippen LogP contribution in [0.5, 0.6) is 0 Å². The minimum atomic E-state index is -0.0801. The Morgan fingerprint density at radius 1 is 0.435 bits per heavy atom. The van der Waals surface area contributed by atoms with Gasteiger partial charge in [-0.3, -0.25) is 0 Å². The molecule has 0 radical (unpaired) electrons. The Morgan fingerprint density at radius 2 is 0.652 bits per heavy atom. The van der Waals surface area contributed by atoms with Crippen molar-refractivity contribution >= 4 is 0 Å². The second-order valence-corrected chi connectivity index (χ2v) is 7.23. The minimum absolute atomic E-state index is 0.0801. The quantitative estimate of drug-likeness (QED) is 0.288. The molecule has 0 atom stereocenters. The van der Waals surface area contributed by atoms with Crippen molar-refractivity contribution in [3.05, 3.63) is 10.4 Å². The first-order valence-electron chi connectivity index (χ1n) is 10.1. The molecule has 0 aromatic carbocycles. The third-order valence-electron chi connectivity index (χ3n) is 4.81. The Hall–Kier alpha value is -0.160. The maximum atomic E-state index is 13.0. The normalized spacial score (nSPS) is 12.8. The van der Waals surface area contributed by atoms with Gasteiger partial charge in [-0.1, -0.05) is 53.4 Å². The lowest BCUT2D eigenvalue weighted by Crippen LogP contribution is -2.49. The summed E-state index contributed by atoms with van der Waals surface area (Å²) in [6.45, 7) is 12.7. The first-order chi connectivity index (χ1) is 10.9. The lowest BCUT2D eigenvalue weighted by molar-refractivity contribution is -0.900. The van der Waals surface area contributed by atoms with Gasteiger partial charge in [0.2, 0.25) is 0 Å². The van der Waals surface area contributed by atoms with Crippen molar-refractivity contribution in [3.8, 4) is 0 Å². The fourth-order valence-electron chi connectivity index (χ4n) is 3.10. The van der Waals surface area contributed by atoms with Crippen molar-refractivity contribution in [2.75, 3.05) is 39.3 Å². The summed E-state index contributed by atoms with van der Waals surface area (Å²) >= 11 is 0. The van der Waals surface area contributed by atoms with Gasteiger partial charge in [0.25, 0.3) is 0 Å². The summed E-state index contributed by atoms with van der Waals surface area (Å²) in [6.07, 6.45) is 9.05. The highest BCUT2D eigenvalue weighted by Crippen LogP contribution is 2.16. The molecule has 0 aromatic heterocycles. The molecular formula is C19H42N2O2. The molecule has 4 nitrogen and oxygen atoms in total. The van der Waals surface area contributed by atoms with E-state index in [9.17, 15) is 10.4 Å². The van der Waals surface area contributed by atoms with Crippen LogP contribution in [0.25, 0.3) is 0 Å². The average molecular weight is 331 g/mol. The SMILES string of the molecule is CCCC[N+]([O-])(CCCC)CCC[N+]([O-])(CCCC)CCCC. The van der Waals surface area contributed by atoms with Crippen molar-refractivity contribution < 1.29 is 9.29 Å². The van der Waals surface area contributed by atoms with Gasteiger partial charge in [0, 0.05) is 6.42 Å². The molecule has 0 aliphatic rings. The monoisotopic (exact) mass is 330 g/mol. The van der Waals surface area contributed by atoms with E-state index in [1.54, 1.807) is 0 Å². The fraction of sp³-hybridized carbons (Fsp3) is 1.00. The first kappa shape index (κ1) is 22.8. The Morgan fingerprint density at radius 3 is 0.870 bits per heavy atom. The standard InChI is InChI=1S/C19H42N2O2/c1-5-9-14-20(22,15-10-6-2)18-13-19-21(23,16-11-7-3)17-12-8-4/h5-19H2,1-4H3. The molecule has 0 N–H and O–H groups in total. The molecule has 4 heteroatoms. The van der Waals surface area contributed by atoms with E-state index in [1.807, 2.05) is 0 Å². The molecule has 0 amide bonds. The van der Waals surface area contributed by atoms with Gasteiger partial charge < -0.3 is 19.7 Å². The second-order valence-electron chi connectivity index (χ2n) is 7.23. The van der Waals surface area contributed by atoms with Crippen LogP contribution in [0.3, 0.4) is 0 Å². The van der Waals surface area contributed by atoms with Crippen LogP contribution in [0.1, 0.15) is 85.5 Å². The molecule has 0 saturated carbocycles. The number of hydrogen-bond donors (Lipinski definition) is 0. The van der Waals surface area contributed by atoms with Crippen LogP contribution in [0.4, 0.5) is 0 Å². The number of unbranched alkanes of at least 4 members (excludes halogenated alkanes) is 4. The van der Waals surface area contributed by atoms with Crippen molar-refractivity contribution in [1.29, 1.82) is 0 Å². The molecule has 0 saturated heterocycles. The summed E-state index contributed by atoms with van der Waals surface area (Å²) in [4.78, 5) is 0. The van der Waals surface area contributed by atoms with Gasteiger partial charge >= 0.3 is 0 Å². The Labute approximate surface area is 145 Å². The summed E-state index contributed by atoms with van der Waals surface area (Å²) < 4.78 is -0.160. The van der Waals surface area contributed by atoms with Crippen molar-refractivity contribution in [1.82, 2.24) is 0 Å². The molecule has 0 rings (SSSR count). The van der Waals surface area contributed by atoms with E-state index in [2.05, 4.69) is 27.7 Å². The molecule has 0 fully saturated rings. The van der Waals surface area contributed by atoms with Gasteiger partial charge in [-0.05, 0) is 25.7 Å². The van der Waals surface area contributed by atoms with Gasteiger partial charge in [0.15, 0.2) is 0 Å². The number of nitrogens with zero attached hydrogens (tertiary/aromatic N) is 2. The maximum Gasteiger partial charge on any atom is 0.0838 e. The number of hydroxylamine groups is 6. The van der Waals surface area contributed by atoms with Crippen LogP contribution in [0.2, 0.25) is 0 Å². The smallest absolute Gasteiger partial charge is 0.0838 e. The van der Waals surface area contributed by atoms with Gasteiger partial charge in [-0.25, -0.2) is 0 Å². The van der Waals surface area contributed by atoms with E-state index in [4.69, 9.17) is 0 Å². The maximum absolute atomic E-state index is 13.0. The molecular weight excluding hydrogens is 288 g/mol. The van der Waals surface area contributed by atoms with Crippen molar-refractivity contribution in [2.24, 2.45) is 0 Å². The lowest BCUT2D eigenvalue weighted by Gasteiger charge is -2.46. The molecule has 23 heavy (non-hydrogen) atoms. The molecule has 0 bridgehead atoms. The topological polar surface area (TPSA) is 46.1 Å². The van der Waals surface area contributed by atoms with Gasteiger partial charge in [0.05, 0.1) is 39.3 Å². The predicted octanol–water partition coefficient (Wildman–Crippen LogP) is 5.21. The second kappa shape index (κ2) is 13.2. The van der Waals surface area contributed by atoms with Crippen LogP contribution < -0.4 is 0 Å². The Bertz CT molecular complexity index is 230. The van der Waals surface area contributed by atoms with Crippen LogP contribution in [0, 0.1) is 10.4 Å². The molecule has 0 aliphatic heterocycles. The molecule has 0 unspecified atom stereocenters. The van der Waals surface area contributed by atoms with Crippen LogP contribution in [-0.2, 0) is 0 Å². The average Bonchev–Trinajstić information content (AvgIpc) is 2.55. The highest BCUT2D eigenvalue weighted by atomic mass is 16.5. The van der Waals surface area contributed by atoms with Gasteiger partial charge in [-0.15, -0.1) is 0 Å². The van der Waals surface area contributed by atoms with E-state index in [0.717, 1.165) is 84.0 Å². The minimum Gasteiger partial charge on any atom is -0.633 e. The lowest BCUT2D eigenvalue weighted by atomic mass is 10.2. The molecule has 0 spiro atoms. The molecule has 140 valence electrons. The van der Waals surface area contributed by atoms with Gasteiger partial charge in [-0.2, -0.15) is 0 Å². The van der Waals surface area contributed by atoms with E-state index < -0.39 is 0 Å². The highest BCUT2D eigenvalue weighted by Gasteiger charge is 2.20. The zero-order chi connectivity index (χ0) is 17.6. The zero-order valence-electron chi connectivity index (χ0n) is 16.3. The van der Waals surface area contributed by atoms with E-state index in [0.29, 0.717) is 13.1 Å². The van der Waals surface area contributed by atoms with Crippen LogP contribution in [-0.4, -0.2) is 48.6 Å². The summed E-state index contributed by atoms with van der Waals surface area (Å²) in [6, 6.07) is 0. The van der Waals surface area contributed by atoms with Crippen molar-refractivity contribution in [3.63, 3.8) is 0 Å². The predicted molar refractivity (Wildman–Crippen MR) is 101 cm³/mol. The Kier molecular flexibility index (Phi) is 13.1. The number of rotatable bonds is 16. The van der Waals surface area contributed by atoms with Gasteiger partial charge in [0.1, 0.15) is 0 Å². The van der Waals surface area contributed by atoms with Crippen LogP contribution >= 0.6 is 0 Å². The third kappa shape index (κ3) is 11.1. The largest absolute Gasteiger partial charge is 0.633 e.